The molecule has 0 atom stereocenters. The predicted molar refractivity (Wildman–Crippen MR) is 124 cm³/mol. The molecule has 0 spiro atoms. The lowest BCUT2D eigenvalue weighted by Crippen LogP contribution is -1.97. The van der Waals surface area contributed by atoms with E-state index in [2.05, 4.69) is 23.7 Å². The van der Waals surface area contributed by atoms with Crippen molar-refractivity contribution in [3.05, 3.63) is 95.2 Å². The molecule has 6 heteroatoms. The highest BCUT2D eigenvalue weighted by atomic mass is 19.2. The number of pyridine rings is 1. The summed E-state index contributed by atoms with van der Waals surface area (Å²) in [5.41, 5.74) is 1.78. The normalized spacial score (nSPS) is 10.7. The maximum atomic E-state index is 14.7. The minimum absolute atomic E-state index is 0.0511. The monoisotopic (exact) mass is 463 g/mol. The van der Waals surface area contributed by atoms with Crippen LogP contribution in [0.2, 0.25) is 0 Å². The molecule has 172 valence electrons. The van der Waals surface area contributed by atoms with Gasteiger partial charge in [-0.05, 0) is 54.3 Å². The van der Waals surface area contributed by atoms with Crippen molar-refractivity contribution < 1.29 is 22.3 Å². The van der Waals surface area contributed by atoms with Gasteiger partial charge in [0, 0.05) is 16.5 Å². The van der Waals surface area contributed by atoms with Crippen LogP contribution in [-0.2, 0) is 0 Å². The van der Waals surface area contributed by atoms with Crippen LogP contribution in [0, 0.1) is 35.1 Å². The van der Waals surface area contributed by atoms with E-state index >= 15 is 0 Å². The Bertz CT molecular complexity index is 1390. The summed E-state index contributed by atoms with van der Waals surface area (Å²) >= 11 is 0. The Morgan fingerprint density at radius 1 is 0.824 bits per heavy atom. The topological polar surface area (TPSA) is 22.1 Å². The zero-order valence-corrected chi connectivity index (χ0v) is 18.5. The molecule has 0 aliphatic rings. The third kappa shape index (κ3) is 5.20. The molecule has 0 aliphatic heterocycles. The zero-order valence-electron chi connectivity index (χ0n) is 18.5. The molecule has 4 aromatic rings. The first-order valence-electron chi connectivity index (χ1n) is 10.9. The molecule has 0 N–H and O–H groups in total. The second kappa shape index (κ2) is 10.4. The largest absolute Gasteiger partial charge is 0.492 e. The van der Waals surface area contributed by atoms with Gasteiger partial charge in [0.2, 0.25) is 0 Å². The Labute approximate surface area is 195 Å². The maximum absolute atomic E-state index is 14.7. The average Bonchev–Trinajstić information content (AvgIpc) is 2.85. The van der Waals surface area contributed by atoms with Gasteiger partial charge in [0.25, 0.3) is 0 Å². The highest BCUT2D eigenvalue weighted by Crippen LogP contribution is 2.25. The number of halogens is 4. The van der Waals surface area contributed by atoms with Crippen LogP contribution in [0.1, 0.15) is 37.3 Å². The van der Waals surface area contributed by atoms with E-state index in [1.807, 2.05) is 0 Å². The van der Waals surface area contributed by atoms with E-state index in [1.165, 1.54) is 24.3 Å². The molecular formula is C28H21F4NO. The second-order valence-corrected chi connectivity index (χ2v) is 7.80. The molecule has 0 saturated heterocycles. The lowest BCUT2D eigenvalue weighted by molar-refractivity contribution is 0.305. The van der Waals surface area contributed by atoms with Crippen LogP contribution in [0.3, 0.4) is 0 Å². The SMILES string of the molecule is CCCCCOc1ccc(-c2ccc(C#Cc3ccc4c(F)c(F)c(F)cc4c3)c(F)c2)nc1. The van der Waals surface area contributed by atoms with Gasteiger partial charge in [0.05, 0.1) is 24.1 Å². The molecule has 0 radical (unpaired) electrons. The summed E-state index contributed by atoms with van der Waals surface area (Å²) in [6.07, 6.45) is 4.83. The molecule has 0 unspecified atom stereocenters. The van der Waals surface area contributed by atoms with Crippen LogP contribution < -0.4 is 4.74 Å². The van der Waals surface area contributed by atoms with Crippen LogP contribution in [0.4, 0.5) is 17.6 Å². The van der Waals surface area contributed by atoms with E-state index in [1.54, 1.807) is 30.5 Å². The first kappa shape index (κ1) is 23.3. The standard InChI is InChI=1S/C28H21F4NO/c1-2-3-4-13-34-22-10-12-26(33-17-22)20-9-8-19(24(29)15-20)7-5-18-6-11-23-21(14-18)16-25(30)28(32)27(23)31/h6,8-12,14-17H,2-4,13H2,1H3. The molecular weight excluding hydrogens is 442 g/mol. The average molecular weight is 463 g/mol. The quantitative estimate of drug-likeness (QED) is 0.128. The predicted octanol–water partition coefficient (Wildman–Crippen LogP) is 7.43. The summed E-state index contributed by atoms with van der Waals surface area (Å²) in [5, 5.41) is 0.118. The fourth-order valence-corrected chi connectivity index (χ4v) is 3.48. The van der Waals surface area contributed by atoms with Crippen LogP contribution in [-0.4, -0.2) is 11.6 Å². The third-order valence-electron chi connectivity index (χ3n) is 5.33. The summed E-state index contributed by atoms with van der Waals surface area (Å²) < 4.78 is 61.1. The number of unbranched alkanes of at least 4 members (excludes halogenated alkanes) is 2. The molecule has 0 fully saturated rings. The lowest BCUT2D eigenvalue weighted by Gasteiger charge is -2.07. The number of nitrogens with zero attached hydrogens (tertiary/aromatic N) is 1. The lowest BCUT2D eigenvalue weighted by atomic mass is 10.0. The second-order valence-electron chi connectivity index (χ2n) is 7.80. The number of ether oxygens (including phenoxy) is 1. The summed E-state index contributed by atoms with van der Waals surface area (Å²) in [5.74, 6) is 1.61. The molecule has 0 saturated carbocycles. The maximum Gasteiger partial charge on any atom is 0.195 e. The zero-order chi connectivity index (χ0) is 24.1. The van der Waals surface area contributed by atoms with Gasteiger partial charge in [-0.2, -0.15) is 0 Å². The molecule has 4 rings (SSSR count). The van der Waals surface area contributed by atoms with Gasteiger partial charge >= 0.3 is 0 Å². The van der Waals surface area contributed by atoms with E-state index in [0.717, 1.165) is 25.3 Å². The van der Waals surface area contributed by atoms with Crippen molar-refractivity contribution in [2.75, 3.05) is 6.61 Å². The van der Waals surface area contributed by atoms with E-state index < -0.39 is 23.3 Å². The molecule has 2 nitrogen and oxygen atoms in total. The number of benzene rings is 3. The highest BCUT2D eigenvalue weighted by Gasteiger charge is 2.13. The van der Waals surface area contributed by atoms with Crippen molar-refractivity contribution >= 4 is 10.8 Å². The molecule has 34 heavy (non-hydrogen) atoms. The Morgan fingerprint density at radius 2 is 1.68 bits per heavy atom. The van der Waals surface area contributed by atoms with Gasteiger partial charge < -0.3 is 4.74 Å². The number of fused-ring (bicyclic) bond motifs is 1. The third-order valence-corrected chi connectivity index (χ3v) is 5.33. The van der Waals surface area contributed by atoms with E-state index in [-0.39, 0.29) is 16.3 Å². The smallest absolute Gasteiger partial charge is 0.195 e. The molecule has 3 aromatic carbocycles. The summed E-state index contributed by atoms with van der Waals surface area (Å²) in [6, 6.07) is 13.3. The van der Waals surface area contributed by atoms with Crippen molar-refractivity contribution in [2.45, 2.75) is 26.2 Å². The van der Waals surface area contributed by atoms with E-state index in [0.29, 0.717) is 29.2 Å². The van der Waals surface area contributed by atoms with Gasteiger partial charge in [-0.25, -0.2) is 17.6 Å². The Balaban J connectivity index is 1.51. The first-order valence-corrected chi connectivity index (χ1v) is 10.9. The molecule has 0 bridgehead atoms. The minimum Gasteiger partial charge on any atom is -0.492 e. The Morgan fingerprint density at radius 3 is 2.41 bits per heavy atom. The van der Waals surface area contributed by atoms with Crippen LogP contribution in [0.15, 0.2) is 60.8 Å². The fourth-order valence-electron chi connectivity index (χ4n) is 3.48. The van der Waals surface area contributed by atoms with E-state index in [9.17, 15) is 17.6 Å². The van der Waals surface area contributed by atoms with Crippen LogP contribution in [0.5, 0.6) is 5.75 Å². The van der Waals surface area contributed by atoms with Gasteiger partial charge in [-0.1, -0.05) is 43.7 Å². The number of hydrogen-bond donors (Lipinski definition) is 0. The van der Waals surface area contributed by atoms with Gasteiger partial charge in [-0.3, -0.25) is 4.98 Å². The number of aromatic nitrogens is 1. The van der Waals surface area contributed by atoms with Crippen molar-refractivity contribution in [3.63, 3.8) is 0 Å². The van der Waals surface area contributed by atoms with Crippen molar-refractivity contribution in [2.24, 2.45) is 0 Å². The fraction of sp³-hybridized carbons (Fsp3) is 0.179. The van der Waals surface area contributed by atoms with E-state index in [4.69, 9.17) is 4.74 Å². The van der Waals surface area contributed by atoms with Gasteiger partial charge in [0.15, 0.2) is 17.5 Å². The highest BCUT2D eigenvalue weighted by molar-refractivity contribution is 5.84. The van der Waals surface area contributed by atoms with Gasteiger partial charge in [0.1, 0.15) is 11.6 Å². The van der Waals surface area contributed by atoms with Crippen LogP contribution >= 0.6 is 0 Å². The van der Waals surface area contributed by atoms with Crippen molar-refractivity contribution in [1.29, 1.82) is 0 Å². The van der Waals surface area contributed by atoms with Gasteiger partial charge in [-0.15, -0.1) is 0 Å². The van der Waals surface area contributed by atoms with Crippen molar-refractivity contribution in [1.82, 2.24) is 4.98 Å². The molecule has 1 heterocycles. The number of hydrogen-bond acceptors (Lipinski definition) is 2. The summed E-state index contributed by atoms with van der Waals surface area (Å²) in [7, 11) is 0. The Hall–Kier alpha value is -3.85. The molecule has 1 aromatic heterocycles. The summed E-state index contributed by atoms with van der Waals surface area (Å²) in [4.78, 5) is 4.35. The number of rotatable bonds is 6. The first-order chi connectivity index (χ1) is 16.5. The molecule has 0 aliphatic carbocycles. The van der Waals surface area contributed by atoms with Crippen molar-refractivity contribution in [3.8, 4) is 28.8 Å². The minimum atomic E-state index is -1.52. The summed E-state index contributed by atoms with van der Waals surface area (Å²) in [6.45, 7) is 2.76. The Kier molecular flexibility index (Phi) is 7.12. The molecule has 0 amide bonds. The van der Waals surface area contributed by atoms with Crippen LogP contribution in [0.25, 0.3) is 22.0 Å².